The Morgan fingerprint density at radius 2 is 2.00 bits per heavy atom. The summed E-state index contributed by atoms with van der Waals surface area (Å²) in [5, 5.41) is 2.60. The summed E-state index contributed by atoms with van der Waals surface area (Å²) in [6, 6.07) is 9.67. The van der Waals surface area contributed by atoms with Crippen LogP contribution in [0.15, 0.2) is 53.7 Å². The number of aromatic nitrogens is 1. The van der Waals surface area contributed by atoms with Gasteiger partial charge in [-0.1, -0.05) is 23.9 Å². The fraction of sp³-hybridized carbons (Fsp3) is 0.0769. The molecule has 0 saturated heterocycles. The number of para-hydroxylation sites is 1. The first-order valence-electron chi connectivity index (χ1n) is 5.42. The highest BCUT2D eigenvalue weighted by molar-refractivity contribution is 7.99. The Labute approximate surface area is 113 Å². The highest BCUT2D eigenvalue weighted by Gasteiger charge is 2.12. The van der Waals surface area contributed by atoms with E-state index in [2.05, 4.69) is 10.3 Å². The summed E-state index contributed by atoms with van der Waals surface area (Å²) in [4.78, 5) is 16.1. The van der Waals surface area contributed by atoms with Crippen LogP contribution in [-0.2, 0) is 0 Å². The summed E-state index contributed by atoms with van der Waals surface area (Å²) >= 11 is 0.399. The van der Waals surface area contributed by atoms with Crippen molar-refractivity contribution in [2.24, 2.45) is 0 Å². The van der Waals surface area contributed by atoms with Crippen molar-refractivity contribution >= 4 is 23.4 Å². The largest absolute Gasteiger partial charge is 0.321 e. The first kappa shape index (κ1) is 13.5. The molecule has 0 aliphatic carbocycles. The molecule has 1 amide bonds. The normalized spacial score (nSPS) is 10.5. The molecule has 0 atom stereocenters. The van der Waals surface area contributed by atoms with Gasteiger partial charge in [0, 0.05) is 17.3 Å². The summed E-state index contributed by atoms with van der Waals surface area (Å²) in [6.45, 7) is 0. The number of hydrogen-bond donors (Lipinski definition) is 1. The predicted molar refractivity (Wildman–Crippen MR) is 70.5 cm³/mol. The molecule has 98 valence electrons. The molecule has 0 spiro atoms. The molecule has 2 rings (SSSR count). The van der Waals surface area contributed by atoms with Gasteiger partial charge in [-0.25, -0.2) is 0 Å². The second-order valence-corrected chi connectivity index (χ2v) is 4.60. The number of rotatable bonds is 4. The summed E-state index contributed by atoms with van der Waals surface area (Å²) in [6.07, 6.45) is 2.97. The molecule has 1 N–H and O–H groups in total. The van der Waals surface area contributed by atoms with Crippen LogP contribution in [0.4, 0.5) is 14.5 Å². The number of thioether (sulfide) groups is 1. The molecular formula is C13H10F2N2OS. The molecule has 6 heteroatoms. The van der Waals surface area contributed by atoms with Gasteiger partial charge in [0.15, 0.2) is 0 Å². The lowest BCUT2D eigenvalue weighted by molar-refractivity contribution is 0.102. The molecule has 19 heavy (non-hydrogen) atoms. The molecule has 1 aromatic carbocycles. The van der Waals surface area contributed by atoms with E-state index in [0.717, 1.165) is 0 Å². The number of pyridine rings is 1. The van der Waals surface area contributed by atoms with Crippen LogP contribution in [0.5, 0.6) is 0 Å². The van der Waals surface area contributed by atoms with E-state index in [9.17, 15) is 13.6 Å². The second-order valence-electron chi connectivity index (χ2n) is 3.57. The molecular weight excluding hydrogens is 270 g/mol. The van der Waals surface area contributed by atoms with Gasteiger partial charge in [0.05, 0.1) is 11.3 Å². The van der Waals surface area contributed by atoms with E-state index >= 15 is 0 Å². The van der Waals surface area contributed by atoms with Crippen molar-refractivity contribution in [1.29, 1.82) is 0 Å². The highest BCUT2D eigenvalue weighted by Crippen LogP contribution is 2.31. The number of halogens is 2. The van der Waals surface area contributed by atoms with E-state index in [-0.39, 0.29) is 5.91 Å². The zero-order valence-corrected chi connectivity index (χ0v) is 10.5. The molecule has 0 aliphatic heterocycles. The fourth-order valence-electron chi connectivity index (χ4n) is 1.46. The zero-order chi connectivity index (χ0) is 13.7. The smallest absolute Gasteiger partial charge is 0.288 e. The van der Waals surface area contributed by atoms with Crippen LogP contribution >= 0.6 is 11.8 Å². The number of hydrogen-bond acceptors (Lipinski definition) is 3. The lowest BCUT2D eigenvalue weighted by Gasteiger charge is -2.10. The van der Waals surface area contributed by atoms with Crippen LogP contribution in [0.1, 0.15) is 10.4 Å². The van der Waals surface area contributed by atoms with Gasteiger partial charge in [-0.15, -0.1) is 0 Å². The van der Waals surface area contributed by atoms with E-state index in [1.807, 2.05) is 0 Å². The van der Waals surface area contributed by atoms with Crippen LogP contribution < -0.4 is 5.32 Å². The summed E-state index contributed by atoms with van der Waals surface area (Å²) in [7, 11) is 0. The van der Waals surface area contributed by atoms with Gasteiger partial charge in [0.2, 0.25) is 0 Å². The standard InChI is InChI=1S/C13H10F2N2OS/c14-13(15)19-11-6-2-1-5-10(11)17-12(18)9-4-3-7-16-8-9/h1-8,13H,(H,17,18). The number of amides is 1. The highest BCUT2D eigenvalue weighted by atomic mass is 32.2. The van der Waals surface area contributed by atoms with Gasteiger partial charge in [-0.2, -0.15) is 8.78 Å². The molecule has 2 aromatic rings. The maximum atomic E-state index is 12.4. The van der Waals surface area contributed by atoms with E-state index < -0.39 is 5.76 Å². The summed E-state index contributed by atoms with van der Waals surface area (Å²) < 4.78 is 24.8. The van der Waals surface area contributed by atoms with E-state index in [1.165, 1.54) is 12.3 Å². The van der Waals surface area contributed by atoms with E-state index in [1.54, 1.807) is 36.5 Å². The SMILES string of the molecule is O=C(Nc1ccccc1SC(F)F)c1cccnc1. The molecule has 0 unspecified atom stereocenters. The van der Waals surface area contributed by atoms with Crippen molar-refractivity contribution < 1.29 is 13.6 Å². The van der Waals surface area contributed by atoms with Crippen LogP contribution in [0.2, 0.25) is 0 Å². The Hall–Kier alpha value is -1.95. The number of anilines is 1. The molecule has 1 aromatic heterocycles. The van der Waals surface area contributed by atoms with Crippen molar-refractivity contribution in [3.05, 3.63) is 54.4 Å². The molecule has 0 fully saturated rings. The van der Waals surface area contributed by atoms with Crippen molar-refractivity contribution in [2.45, 2.75) is 10.7 Å². The third-order valence-corrected chi connectivity index (χ3v) is 3.06. The molecule has 0 saturated carbocycles. The quantitative estimate of drug-likeness (QED) is 0.869. The maximum Gasteiger partial charge on any atom is 0.288 e. The summed E-state index contributed by atoms with van der Waals surface area (Å²) in [5.41, 5.74) is 0.737. The number of nitrogens with one attached hydrogen (secondary N) is 1. The van der Waals surface area contributed by atoms with Crippen molar-refractivity contribution in [3.8, 4) is 0 Å². The number of carbonyl (C=O) groups excluding carboxylic acids is 1. The molecule has 1 heterocycles. The van der Waals surface area contributed by atoms with Crippen LogP contribution in [-0.4, -0.2) is 16.6 Å². The lowest BCUT2D eigenvalue weighted by atomic mass is 10.2. The Balaban J connectivity index is 2.17. The average molecular weight is 280 g/mol. The van der Waals surface area contributed by atoms with Gasteiger partial charge in [-0.05, 0) is 24.3 Å². The minimum atomic E-state index is -2.53. The zero-order valence-electron chi connectivity index (χ0n) is 9.72. The molecule has 0 radical (unpaired) electrons. The minimum absolute atomic E-state index is 0.328. The number of benzene rings is 1. The lowest BCUT2D eigenvalue weighted by Crippen LogP contribution is -2.12. The van der Waals surface area contributed by atoms with Crippen molar-refractivity contribution in [1.82, 2.24) is 4.98 Å². The number of alkyl halides is 2. The van der Waals surface area contributed by atoms with Crippen molar-refractivity contribution in [2.75, 3.05) is 5.32 Å². The fourth-order valence-corrected chi connectivity index (χ4v) is 2.06. The molecule has 0 bridgehead atoms. The first-order valence-corrected chi connectivity index (χ1v) is 6.30. The second kappa shape index (κ2) is 6.29. The maximum absolute atomic E-state index is 12.4. The van der Waals surface area contributed by atoms with Crippen LogP contribution in [0.3, 0.4) is 0 Å². The Bertz CT molecular complexity index is 564. The third-order valence-electron chi connectivity index (χ3n) is 2.28. The van der Waals surface area contributed by atoms with Crippen LogP contribution in [0.25, 0.3) is 0 Å². The Kier molecular flexibility index (Phi) is 4.46. The number of carbonyl (C=O) groups is 1. The van der Waals surface area contributed by atoms with Crippen molar-refractivity contribution in [3.63, 3.8) is 0 Å². The Morgan fingerprint density at radius 3 is 2.68 bits per heavy atom. The monoisotopic (exact) mass is 280 g/mol. The molecule has 0 aliphatic rings. The van der Waals surface area contributed by atoms with E-state index in [4.69, 9.17) is 0 Å². The first-order chi connectivity index (χ1) is 9.16. The van der Waals surface area contributed by atoms with Crippen LogP contribution in [0, 0.1) is 0 Å². The minimum Gasteiger partial charge on any atom is -0.321 e. The van der Waals surface area contributed by atoms with Gasteiger partial charge >= 0.3 is 0 Å². The van der Waals surface area contributed by atoms with Gasteiger partial charge < -0.3 is 5.32 Å². The van der Waals surface area contributed by atoms with Gasteiger partial charge in [0.25, 0.3) is 11.7 Å². The summed E-state index contributed by atoms with van der Waals surface area (Å²) in [5.74, 6) is -2.91. The number of nitrogens with zero attached hydrogens (tertiary/aromatic N) is 1. The van der Waals surface area contributed by atoms with Gasteiger partial charge in [0.1, 0.15) is 0 Å². The Morgan fingerprint density at radius 1 is 1.21 bits per heavy atom. The molecule has 3 nitrogen and oxygen atoms in total. The van der Waals surface area contributed by atoms with Gasteiger partial charge in [-0.3, -0.25) is 9.78 Å². The third kappa shape index (κ3) is 3.75. The average Bonchev–Trinajstić information content (AvgIpc) is 2.41. The predicted octanol–water partition coefficient (Wildman–Crippen LogP) is 3.65. The van der Waals surface area contributed by atoms with E-state index in [0.29, 0.717) is 27.9 Å². The topological polar surface area (TPSA) is 42.0 Å².